The maximum atomic E-state index is 12.9. The summed E-state index contributed by atoms with van der Waals surface area (Å²) in [5, 5.41) is 2.63. The van der Waals surface area contributed by atoms with E-state index < -0.39 is 28.5 Å². The fraction of sp³-hybridized carbons (Fsp3) is 0.222. The predicted octanol–water partition coefficient (Wildman–Crippen LogP) is 2.23. The highest BCUT2D eigenvalue weighted by molar-refractivity contribution is 7.92. The average molecular weight is 394 g/mol. The van der Waals surface area contributed by atoms with Crippen LogP contribution in [0.5, 0.6) is 0 Å². The maximum absolute atomic E-state index is 12.9. The predicted molar refractivity (Wildman–Crippen MR) is 98.1 cm³/mol. The summed E-state index contributed by atoms with van der Waals surface area (Å²) < 4.78 is 42.6. The molecule has 0 aromatic heterocycles. The summed E-state index contributed by atoms with van der Waals surface area (Å²) in [4.78, 5) is 24.0. The molecule has 0 aliphatic carbocycles. The summed E-state index contributed by atoms with van der Waals surface area (Å²) in [6, 6.07) is 11.0. The van der Waals surface area contributed by atoms with Crippen molar-refractivity contribution in [3.8, 4) is 0 Å². The fourth-order valence-corrected chi connectivity index (χ4v) is 2.81. The number of halogens is 1. The van der Waals surface area contributed by atoms with Crippen LogP contribution in [0.1, 0.15) is 28.9 Å². The number of hydrogen-bond acceptors (Lipinski definition) is 5. The number of carbonyl (C=O) groups is 2. The zero-order valence-electron chi connectivity index (χ0n) is 14.7. The van der Waals surface area contributed by atoms with Crippen LogP contribution >= 0.6 is 0 Å². The van der Waals surface area contributed by atoms with Gasteiger partial charge in [0.05, 0.1) is 17.9 Å². The molecule has 0 aliphatic rings. The summed E-state index contributed by atoms with van der Waals surface area (Å²) in [6.07, 6.45) is 0.991. The Hall–Kier alpha value is -2.94. The number of esters is 1. The molecule has 9 heteroatoms. The molecule has 0 radical (unpaired) electrons. The van der Waals surface area contributed by atoms with E-state index >= 15 is 0 Å². The maximum Gasteiger partial charge on any atom is 0.338 e. The third-order valence-electron chi connectivity index (χ3n) is 3.48. The van der Waals surface area contributed by atoms with E-state index in [9.17, 15) is 22.4 Å². The molecule has 0 fully saturated rings. The summed E-state index contributed by atoms with van der Waals surface area (Å²) in [7, 11) is -3.48. The topological polar surface area (TPSA) is 102 Å². The summed E-state index contributed by atoms with van der Waals surface area (Å²) >= 11 is 0. The molecule has 0 saturated carbocycles. The SMILES string of the molecule is C[C@@H](NC(=O)COC(=O)c1cccc(NS(C)(=O)=O)c1)c1ccc(F)cc1. The van der Waals surface area contributed by atoms with Crippen molar-refractivity contribution in [2.75, 3.05) is 17.6 Å². The van der Waals surface area contributed by atoms with E-state index in [0.29, 0.717) is 5.56 Å². The highest BCUT2D eigenvalue weighted by Gasteiger charge is 2.14. The molecular weight excluding hydrogens is 375 g/mol. The number of anilines is 1. The molecule has 0 unspecified atom stereocenters. The second kappa shape index (κ2) is 8.63. The number of carbonyl (C=O) groups excluding carboxylic acids is 2. The van der Waals surface area contributed by atoms with Crippen LogP contribution < -0.4 is 10.0 Å². The van der Waals surface area contributed by atoms with Crippen molar-refractivity contribution in [3.63, 3.8) is 0 Å². The van der Waals surface area contributed by atoms with Gasteiger partial charge >= 0.3 is 5.97 Å². The van der Waals surface area contributed by atoms with E-state index in [2.05, 4.69) is 10.0 Å². The Morgan fingerprint density at radius 1 is 1.15 bits per heavy atom. The molecule has 0 bridgehead atoms. The van der Waals surface area contributed by atoms with Crippen molar-refractivity contribution in [1.29, 1.82) is 0 Å². The molecule has 0 spiro atoms. The second-order valence-corrected chi connectivity index (χ2v) is 7.62. The van der Waals surface area contributed by atoms with Crippen molar-refractivity contribution < 1.29 is 27.1 Å². The zero-order chi connectivity index (χ0) is 20.0. The van der Waals surface area contributed by atoms with Crippen LogP contribution in [0.25, 0.3) is 0 Å². The smallest absolute Gasteiger partial charge is 0.338 e. The van der Waals surface area contributed by atoms with Crippen LogP contribution in [0.2, 0.25) is 0 Å². The van der Waals surface area contributed by atoms with Crippen LogP contribution in [0, 0.1) is 5.82 Å². The van der Waals surface area contributed by atoms with Gasteiger partial charge in [0.1, 0.15) is 5.82 Å². The Morgan fingerprint density at radius 2 is 1.81 bits per heavy atom. The van der Waals surface area contributed by atoms with Gasteiger partial charge in [-0.25, -0.2) is 17.6 Å². The average Bonchev–Trinajstić information content (AvgIpc) is 2.59. The van der Waals surface area contributed by atoms with Crippen LogP contribution in [0.4, 0.5) is 10.1 Å². The first-order valence-electron chi connectivity index (χ1n) is 7.94. The van der Waals surface area contributed by atoms with Crippen molar-refractivity contribution in [2.45, 2.75) is 13.0 Å². The molecule has 2 rings (SSSR count). The van der Waals surface area contributed by atoms with Crippen LogP contribution in [0.3, 0.4) is 0 Å². The molecular formula is C18H19FN2O5S. The number of ether oxygens (including phenoxy) is 1. The zero-order valence-corrected chi connectivity index (χ0v) is 15.5. The Balaban J connectivity index is 1.90. The number of nitrogens with one attached hydrogen (secondary N) is 2. The van der Waals surface area contributed by atoms with Gasteiger partial charge in [-0.05, 0) is 42.8 Å². The normalized spacial score (nSPS) is 12.1. The fourth-order valence-electron chi connectivity index (χ4n) is 2.26. The Kier molecular flexibility index (Phi) is 6.51. The lowest BCUT2D eigenvalue weighted by molar-refractivity contribution is -0.124. The van der Waals surface area contributed by atoms with Gasteiger partial charge in [-0.3, -0.25) is 9.52 Å². The highest BCUT2D eigenvalue weighted by atomic mass is 32.2. The van der Waals surface area contributed by atoms with E-state index in [1.165, 1.54) is 36.4 Å². The summed E-state index contributed by atoms with van der Waals surface area (Å²) in [5.74, 6) is -1.67. The number of hydrogen-bond donors (Lipinski definition) is 2. The van der Waals surface area contributed by atoms with Gasteiger partial charge in [-0.15, -0.1) is 0 Å². The third-order valence-corrected chi connectivity index (χ3v) is 4.09. The number of rotatable bonds is 7. The molecule has 0 heterocycles. The van der Waals surface area contributed by atoms with Crippen LogP contribution in [0.15, 0.2) is 48.5 Å². The number of sulfonamides is 1. The van der Waals surface area contributed by atoms with Gasteiger partial charge in [0.15, 0.2) is 6.61 Å². The monoisotopic (exact) mass is 394 g/mol. The first kappa shape index (κ1) is 20.4. The molecule has 0 saturated heterocycles. The van der Waals surface area contributed by atoms with E-state index in [1.54, 1.807) is 19.1 Å². The van der Waals surface area contributed by atoms with Crippen LogP contribution in [-0.4, -0.2) is 33.2 Å². The molecule has 7 nitrogen and oxygen atoms in total. The van der Waals surface area contributed by atoms with Gasteiger partial charge in [-0.2, -0.15) is 0 Å². The Bertz CT molecular complexity index is 929. The molecule has 1 atom stereocenters. The van der Waals surface area contributed by atoms with E-state index in [1.807, 2.05) is 0 Å². The summed E-state index contributed by atoms with van der Waals surface area (Å²) in [5.41, 5.74) is 1.01. The van der Waals surface area contributed by atoms with Crippen molar-refractivity contribution in [1.82, 2.24) is 5.32 Å². The number of amides is 1. The minimum Gasteiger partial charge on any atom is -0.452 e. The van der Waals surface area contributed by atoms with Gasteiger partial charge in [0.2, 0.25) is 10.0 Å². The van der Waals surface area contributed by atoms with Crippen molar-refractivity contribution >= 4 is 27.6 Å². The lowest BCUT2D eigenvalue weighted by Crippen LogP contribution is -2.31. The van der Waals surface area contributed by atoms with Gasteiger partial charge in [0, 0.05) is 5.69 Å². The minimum absolute atomic E-state index is 0.100. The Morgan fingerprint density at radius 3 is 2.44 bits per heavy atom. The van der Waals surface area contributed by atoms with Gasteiger partial charge in [-0.1, -0.05) is 18.2 Å². The first-order chi connectivity index (χ1) is 12.6. The largest absolute Gasteiger partial charge is 0.452 e. The lowest BCUT2D eigenvalue weighted by atomic mass is 10.1. The molecule has 0 aliphatic heterocycles. The van der Waals surface area contributed by atoms with Crippen molar-refractivity contribution in [3.05, 3.63) is 65.5 Å². The van der Waals surface area contributed by atoms with Crippen molar-refractivity contribution in [2.24, 2.45) is 0 Å². The standard InChI is InChI=1S/C18H19FN2O5S/c1-12(13-6-8-15(19)9-7-13)20-17(22)11-26-18(23)14-4-3-5-16(10-14)21-27(2,24)25/h3-10,12,21H,11H2,1-2H3,(H,20,22)/t12-/m1/s1. The first-order valence-corrected chi connectivity index (χ1v) is 9.83. The molecule has 2 N–H and O–H groups in total. The highest BCUT2D eigenvalue weighted by Crippen LogP contribution is 2.14. The molecule has 27 heavy (non-hydrogen) atoms. The van der Waals surface area contributed by atoms with E-state index in [4.69, 9.17) is 4.74 Å². The second-order valence-electron chi connectivity index (χ2n) is 5.87. The van der Waals surface area contributed by atoms with E-state index in [-0.39, 0.29) is 23.1 Å². The third kappa shape index (κ3) is 6.70. The molecule has 2 aromatic rings. The lowest BCUT2D eigenvalue weighted by Gasteiger charge is -2.14. The summed E-state index contributed by atoms with van der Waals surface area (Å²) in [6.45, 7) is 1.21. The van der Waals surface area contributed by atoms with E-state index in [0.717, 1.165) is 6.26 Å². The minimum atomic E-state index is -3.48. The molecule has 1 amide bonds. The molecule has 144 valence electrons. The molecule has 2 aromatic carbocycles. The quantitative estimate of drug-likeness (QED) is 0.702. The van der Waals surface area contributed by atoms with Gasteiger partial charge in [0.25, 0.3) is 5.91 Å². The number of benzene rings is 2. The van der Waals surface area contributed by atoms with Gasteiger partial charge < -0.3 is 10.1 Å². The Labute approximate surface area is 156 Å². The van der Waals surface area contributed by atoms with Crippen LogP contribution in [-0.2, 0) is 19.6 Å².